The van der Waals surface area contributed by atoms with E-state index in [4.69, 9.17) is 4.42 Å². The first-order valence-corrected chi connectivity index (χ1v) is 8.62. The summed E-state index contributed by atoms with van der Waals surface area (Å²) >= 11 is 0. The highest BCUT2D eigenvalue weighted by molar-refractivity contribution is 5.93. The van der Waals surface area contributed by atoms with Gasteiger partial charge in [0.1, 0.15) is 5.76 Å². The Morgan fingerprint density at radius 2 is 1.96 bits per heavy atom. The number of carbonyl (C=O) groups excluding carboxylic acids is 1. The minimum atomic E-state index is 0.222. The number of nitrogens with zero attached hydrogens (tertiary/aromatic N) is 2. The van der Waals surface area contributed by atoms with Gasteiger partial charge < -0.3 is 20.0 Å². The van der Waals surface area contributed by atoms with Gasteiger partial charge >= 0.3 is 0 Å². The molecule has 6 nitrogen and oxygen atoms in total. The van der Waals surface area contributed by atoms with Crippen LogP contribution in [0.15, 0.2) is 52.1 Å². The van der Waals surface area contributed by atoms with E-state index in [2.05, 4.69) is 15.6 Å². The molecule has 1 fully saturated rings. The van der Waals surface area contributed by atoms with Crippen molar-refractivity contribution in [2.24, 2.45) is 4.99 Å². The number of hydrogen-bond donors (Lipinski definition) is 2. The average Bonchev–Trinajstić information content (AvgIpc) is 3.16. The highest BCUT2D eigenvalue weighted by Crippen LogP contribution is 2.21. The number of nitrogens with one attached hydrogen (secondary N) is 2. The van der Waals surface area contributed by atoms with Crippen molar-refractivity contribution in [3.05, 3.63) is 54.0 Å². The number of piperidine rings is 1. The lowest BCUT2D eigenvalue weighted by Crippen LogP contribution is -2.36. The van der Waals surface area contributed by atoms with Gasteiger partial charge in [0, 0.05) is 32.2 Å². The van der Waals surface area contributed by atoms with Crippen LogP contribution >= 0.6 is 0 Å². The van der Waals surface area contributed by atoms with E-state index in [0.717, 1.165) is 36.4 Å². The highest BCUT2D eigenvalue weighted by atomic mass is 16.3. The van der Waals surface area contributed by atoms with Gasteiger partial charge in [-0.25, -0.2) is 0 Å². The molecule has 0 atom stereocenters. The van der Waals surface area contributed by atoms with Crippen LogP contribution in [0.3, 0.4) is 0 Å². The second kappa shape index (κ2) is 8.37. The topological polar surface area (TPSA) is 69.9 Å². The van der Waals surface area contributed by atoms with E-state index < -0.39 is 0 Å². The molecule has 6 heteroatoms. The molecule has 1 amide bonds. The smallest absolute Gasteiger partial charge is 0.226 e. The van der Waals surface area contributed by atoms with Crippen LogP contribution in [0.25, 0.3) is 0 Å². The molecule has 1 aromatic heterocycles. The Balaban J connectivity index is 1.51. The second-order valence-electron chi connectivity index (χ2n) is 6.03. The molecule has 1 saturated heterocycles. The fourth-order valence-electron chi connectivity index (χ4n) is 2.86. The van der Waals surface area contributed by atoms with Crippen LogP contribution in [-0.4, -0.2) is 25.5 Å². The summed E-state index contributed by atoms with van der Waals surface area (Å²) in [6.45, 7) is 2.06. The van der Waals surface area contributed by atoms with Gasteiger partial charge in [0.05, 0.1) is 12.8 Å². The summed E-state index contributed by atoms with van der Waals surface area (Å²) in [6, 6.07) is 11.9. The summed E-state index contributed by atoms with van der Waals surface area (Å²) < 4.78 is 5.29. The molecule has 0 unspecified atom stereocenters. The molecular weight excluding hydrogens is 316 g/mol. The third kappa shape index (κ3) is 4.62. The van der Waals surface area contributed by atoms with Gasteiger partial charge in [-0.15, -0.1) is 0 Å². The Labute approximate surface area is 147 Å². The monoisotopic (exact) mass is 340 g/mol. The molecular formula is C19H24N4O2. The van der Waals surface area contributed by atoms with Crippen LogP contribution < -0.4 is 15.5 Å². The minimum absolute atomic E-state index is 0.222. The Morgan fingerprint density at radius 1 is 1.16 bits per heavy atom. The van der Waals surface area contributed by atoms with Gasteiger partial charge in [0.25, 0.3) is 0 Å². The van der Waals surface area contributed by atoms with E-state index >= 15 is 0 Å². The summed E-state index contributed by atoms with van der Waals surface area (Å²) in [5, 5.41) is 6.48. The minimum Gasteiger partial charge on any atom is -0.467 e. The number of carbonyl (C=O) groups is 1. The van der Waals surface area contributed by atoms with Crippen molar-refractivity contribution < 1.29 is 9.21 Å². The lowest BCUT2D eigenvalue weighted by Gasteiger charge is -2.26. The van der Waals surface area contributed by atoms with Gasteiger partial charge in [0.2, 0.25) is 5.91 Å². The zero-order chi connectivity index (χ0) is 17.5. The molecule has 1 aliphatic heterocycles. The molecule has 0 saturated carbocycles. The largest absolute Gasteiger partial charge is 0.467 e. The quantitative estimate of drug-likeness (QED) is 0.648. The van der Waals surface area contributed by atoms with Crippen molar-refractivity contribution in [3.63, 3.8) is 0 Å². The van der Waals surface area contributed by atoms with E-state index in [1.165, 1.54) is 0 Å². The van der Waals surface area contributed by atoms with Crippen molar-refractivity contribution in [1.29, 1.82) is 0 Å². The number of aliphatic imine (C=N–C) groups is 1. The lowest BCUT2D eigenvalue weighted by atomic mass is 10.1. The van der Waals surface area contributed by atoms with E-state index in [-0.39, 0.29) is 5.91 Å². The maximum Gasteiger partial charge on any atom is 0.226 e. The maximum atomic E-state index is 12.0. The van der Waals surface area contributed by atoms with E-state index in [0.29, 0.717) is 25.5 Å². The van der Waals surface area contributed by atoms with Crippen molar-refractivity contribution in [3.8, 4) is 0 Å². The van der Waals surface area contributed by atoms with Crippen molar-refractivity contribution >= 4 is 17.6 Å². The van der Waals surface area contributed by atoms with Gasteiger partial charge in [-0.3, -0.25) is 9.79 Å². The SMILES string of the molecule is CN=C(NCc1ccc(N2CCCCC2=O)cc1)NCc1ccco1. The summed E-state index contributed by atoms with van der Waals surface area (Å²) in [5.41, 5.74) is 2.11. The summed E-state index contributed by atoms with van der Waals surface area (Å²) in [5.74, 6) is 1.80. The van der Waals surface area contributed by atoms with Crippen molar-refractivity contribution in [1.82, 2.24) is 10.6 Å². The molecule has 132 valence electrons. The maximum absolute atomic E-state index is 12.0. The van der Waals surface area contributed by atoms with Crippen LogP contribution in [0.2, 0.25) is 0 Å². The Morgan fingerprint density at radius 3 is 2.64 bits per heavy atom. The van der Waals surface area contributed by atoms with Crippen LogP contribution in [0.1, 0.15) is 30.6 Å². The predicted molar refractivity (Wildman–Crippen MR) is 98.4 cm³/mol. The average molecular weight is 340 g/mol. The fourth-order valence-corrected chi connectivity index (χ4v) is 2.86. The molecule has 2 heterocycles. The Hall–Kier alpha value is -2.76. The first-order valence-electron chi connectivity index (χ1n) is 8.62. The third-order valence-electron chi connectivity index (χ3n) is 4.27. The fraction of sp³-hybridized carbons (Fsp3) is 0.368. The Bertz CT molecular complexity index is 708. The molecule has 0 spiro atoms. The predicted octanol–water partition coefficient (Wildman–Crippen LogP) is 2.66. The number of rotatable bonds is 5. The highest BCUT2D eigenvalue weighted by Gasteiger charge is 2.19. The molecule has 3 rings (SSSR count). The molecule has 25 heavy (non-hydrogen) atoms. The number of amides is 1. The van der Waals surface area contributed by atoms with Gasteiger partial charge in [0.15, 0.2) is 5.96 Å². The number of hydrogen-bond acceptors (Lipinski definition) is 3. The van der Waals surface area contributed by atoms with Gasteiger partial charge in [-0.2, -0.15) is 0 Å². The third-order valence-corrected chi connectivity index (χ3v) is 4.27. The molecule has 1 aliphatic rings. The van der Waals surface area contributed by atoms with E-state index in [9.17, 15) is 4.79 Å². The van der Waals surface area contributed by atoms with E-state index in [1.807, 2.05) is 41.3 Å². The number of anilines is 1. The van der Waals surface area contributed by atoms with Crippen molar-refractivity contribution in [2.45, 2.75) is 32.4 Å². The summed E-state index contributed by atoms with van der Waals surface area (Å²) in [7, 11) is 1.74. The zero-order valence-corrected chi connectivity index (χ0v) is 14.5. The Kier molecular flexibility index (Phi) is 5.72. The van der Waals surface area contributed by atoms with E-state index in [1.54, 1.807) is 13.3 Å². The molecule has 0 bridgehead atoms. The summed E-state index contributed by atoms with van der Waals surface area (Å²) in [6.07, 6.45) is 4.39. The van der Waals surface area contributed by atoms with Crippen LogP contribution in [-0.2, 0) is 17.9 Å². The molecule has 2 N–H and O–H groups in total. The van der Waals surface area contributed by atoms with Gasteiger partial charge in [-0.05, 0) is 42.7 Å². The van der Waals surface area contributed by atoms with Crippen LogP contribution in [0, 0.1) is 0 Å². The number of furan rings is 1. The molecule has 1 aromatic carbocycles. The molecule has 0 aliphatic carbocycles. The first-order chi connectivity index (χ1) is 12.3. The van der Waals surface area contributed by atoms with Crippen molar-refractivity contribution in [2.75, 3.05) is 18.5 Å². The lowest BCUT2D eigenvalue weighted by molar-refractivity contribution is -0.119. The normalized spacial score (nSPS) is 15.3. The first kappa shape index (κ1) is 17.1. The van der Waals surface area contributed by atoms with Crippen LogP contribution in [0.4, 0.5) is 5.69 Å². The second-order valence-corrected chi connectivity index (χ2v) is 6.03. The number of benzene rings is 1. The summed E-state index contributed by atoms with van der Waals surface area (Å²) in [4.78, 5) is 18.1. The van der Waals surface area contributed by atoms with Gasteiger partial charge in [-0.1, -0.05) is 12.1 Å². The number of guanidine groups is 1. The molecule has 0 radical (unpaired) electrons. The standard InChI is InChI=1S/C19H24N4O2/c1-20-19(22-14-17-5-4-12-25-17)21-13-15-7-9-16(10-8-15)23-11-3-2-6-18(23)24/h4-5,7-10,12H,2-3,6,11,13-14H2,1H3,(H2,20,21,22). The van der Waals surface area contributed by atoms with Crippen LogP contribution in [0.5, 0.6) is 0 Å². The molecule has 2 aromatic rings. The zero-order valence-electron chi connectivity index (χ0n) is 14.5.